The number of likely N-dealkylation sites (tertiary alicyclic amines) is 1. The number of aromatic nitrogens is 5. The van der Waals surface area contributed by atoms with Crippen LogP contribution in [0.2, 0.25) is 0 Å². The van der Waals surface area contributed by atoms with Crippen LogP contribution in [-0.2, 0) is 29.0 Å². The van der Waals surface area contributed by atoms with Gasteiger partial charge in [-0.15, -0.1) is 10.2 Å². The van der Waals surface area contributed by atoms with E-state index in [1.807, 2.05) is 15.9 Å². The summed E-state index contributed by atoms with van der Waals surface area (Å²) in [5.74, 6) is 0.591. The van der Waals surface area contributed by atoms with Gasteiger partial charge in [-0.25, -0.2) is 9.78 Å². The Hall–Kier alpha value is -5.06. The number of aryl methyl sites for hydroxylation is 1. The van der Waals surface area contributed by atoms with Crippen molar-refractivity contribution in [3.8, 4) is 6.07 Å². The summed E-state index contributed by atoms with van der Waals surface area (Å²) in [6.45, 7) is 6.24. The molecule has 0 spiro atoms. The number of amides is 2. The highest BCUT2D eigenvalue weighted by Gasteiger charge is 2.36. The number of piperidine rings is 2. The fraction of sp³-hybridized carbons (Fsp3) is 0.515. The van der Waals surface area contributed by atoms with E-state index in [-0.39, 0.29) is 29.5 Å². The number of carbonyl (C=O) groups excluding carboxylic acids is 2. The first-order chi connectivity index (χ1) is 22.8. The van der Waals surface area contributed by atoms with E-state index in [0.717, 1.165) is 61.3 Å². The third-order valence-electron chi connectivity index (χ3n) is 10.1. The lowest BCUT2D eigenvalue weighted by atomic mass is 9.93. The predicted octanol–water partition coefficient (Wildman–Crippen LogP) is 2.71. The molecular formula is C33H38N10O4. The molecule has 4 aliphatic heterocycles. The van der Waals surface area contributed by atoms with Gasteiger partial charge in [0.2, 0.25) is 11.8 Å². The monoisotopic (exact) mass is 638 g/mol. The van der Waals surface area contributed by atoms with Crippen LogP contribution < -0.4 is 9.80 Å². The molecule has 7 heterocycles. The molecule has 2 amide bonds. The van der Waals surface area contributed by atoms with Crippen molar-refractivity contribution in [1.82, 2.24) is 34.8 Å². The molecule has 0 atom stereocenters. The van der Waals surface area contributed by atoms with Crippen molar-refractivity contribution in [2.24, 2.45) is 5.92 Å². The minimum Gasteiger partial charge on any atom is -0.476 e. The SMILES string of the molecule is CC(=O)N1CCc2c(c(N3CCCc4cc(C#N)ncc43)nn2C2CCN(C(=O)C3CCN(c4ccc(C(=O)O)nn4)CC3)CC2)C1. The number of hydrogen-bond donors (Lipinski definition) is 1. The van der Waals surface area contributed by atoms with Gasteiger partial charge in [0.15, 0.2) is 17.3 Å². The maximum Gasteiger partial charge on any atom is 0.356 e. The Bertz CT molecular complexity index is 1730. The number of nitrogens with zero attached hydrogens (tertiary/aromatic N) is 10. The standard InChI is InChI=1S/C33H38N10O4/c1-21(44)41-16-10-28-26(20-41)31(42-11-2-3-23-17-24(18-34)35-19-29(23)42)38-43(28)25-8-14-40(15-9-25)32(45)22-6-12-39(13-7-22)30-5-4-27(33(46)47)36-37-30/h4-5,17,19,22,25H,2-3,6-16,20H2,1H3,(H,46,47). The normalized spacial score (nSPS) is 18.8. The number of carbonyl (C=O) groups is 3. The molecule has 0 aliphatic carbocycles. The number of carboxylic acid groups (broad SMARTS) is 1. The zero-order valence-electron chi connectivity index (χ0n) is 26.5. The van der Waals surface area contributed by atoms with Gasteiger partial charge in [0.05, 0.1) is 24.5 Å². The zero-order chi connectivity index (χ0) is 32.7. The second kappa shape index (κ2) is 12.6. The Balaban J connectivity index is 1.04. The van der Waals surface area contributed by atoms with E-state index in [4.69, 9.17) is 10.2 Å². The summed E-state index contributed by atoms with van der Waals surface area (Å²) in [4.78, 5) is 49.6. The second-order valence-electron chi connectivity index (χ2n) is 12.8. The van der Waals surface area contributed by atoms with Crippen molar-refractivity contribution in [1.29, 1.82) is 5.26 Å². The Labute approximate surface area is 272 Å². The smallest absolute Gasteiger partial charge is 0.356 e. The Morgan fingerprint density at radius 1 is 0.957 bits per heavy atom. The molecule has 0 unspecified atom stereocenters. The van der Waals surface area contributed by atoms with E-state index in [0.29, 0.717) is 63.6 Å². The van der Waals surface area contributed by atoms with Crippen LogP contribution in [-0.4, -0.2) is 96.9 Å². The van der Waals surface area contributed by atoms with E-state index in [2.05, 4.69) is 35.7 Å². The molecule has 47 heavy (non-hydrogen) atoms. The Kier molecular flexibility index (Phi) is 8.21. The van der Waals surface area contributed by atoms with Crippen LogP contribution >= 0.6 is 0 Å². The molecule has 244 valence electrons. The summed E-state index contributed by atoms with van der Waals surface area (Å²) in [7, 11) is 0. The Morgan fingerprint density at radius 3 is 2.43 bits per heavy atom. The molecule has 3 aromatic heterocycles. The van der Waals surface area contributed by atoms with Crippen LogP contribution in [0.5, 0.6) is 0 Å². The molecular weight excluding hydrogens is 600 g/mol. The molecule has 2 saturated heterocycles. The summed E-state index contributed by atoms with van der Waals surface area (Å²) >= 11 is 0. The lowest BCUT2D eigenvalue weighted by molar-refractivity contribution is -0.137. The van der Waals surface area contributed by atoms with Crippen molar-refractivity contribution >= 4 is 35.1 Å². The van der Waals surface area contributed by atoms with Crippen LogP contribution in [0, 0.1) is 17.2 Å². The van der Waals surface area contributed by atoms with Crippen LogP contribution in [0.25, 0.3) is 0 Å². The molecule has 14 nitrogen and oxygen atoms in total. The van der Waals surface area contributed by atoms with E-state index in [9.17, 15) is 19.6 Å². The largest absolute Gasteiger partial charge is 0.476 e. The van der Waals surface area contributed by atoms with Crippen LogP contribution in [0.15, 0.2) is 24.4 Å². The number of carboxylic acids is 1. The average Bonchev–Trinajstić information content (AvgIpc) is 3.49. The van der Waals surface area contributed by atoms with Gasteiger partial charge in [-0.2, -0.15) is 10.4 Å². The zero-order valence-corrected chi connectivity index (χ0v) is 26.5. The molecule has 0 bridgehead atoms. The molecule has 0 saturated carbocycles. The van der Waals surface area contributed by atoms with E-state index in [1.54, 1.807) is 19.2 Å². The van der Waals surface area contributed by atoms with Gasteiger partial charge in [0, 0.05) is 69.8 Å². The molecule has 2 fully saturated rings. The number of nitriles is 1. The first kappa shape index (κ1) is 30.6. The van der Waals surface area contributed by atoms with Crippen LogP contribution in [0.4, 0.5) is 17.3 Å². The van der Waals surface area contributed by atoms with Crippen molar-refractivity contribution in [2.75, 3.05) is 49.1 Å². The fourth-order valence-corrected chi connectivity index (χ4v) is 7.53. The van der Waals surface area contributed by atoms with Gasteiger partial charge in [-0.05, 0) is 62.3 Å². The maximum atomic E-state index is 13.6. The molecule has 4 aliphatic rings. The quantitative estimate of drug-likeness (QED) is 0.437. The second-order valence-corrected chi connectivity index (χ2v) is 12.8. The summed E-state index contributed by atoms with van der Waals surface area (Å²) < 4.78 is 2.18. The number of fused-ring (bicyclic) bond motifs is 2. The highest BCUT2D eigenvalue weighted by molar-refractivity contribution is 5.85. The third kappa shape index (κ3) is 5.86. The molecule has 0 radical (unpaired) electrons. The maximum absolute atomic E-state index is 13.6. The van der Waals surface area contributed by atoms with Crippen molar-refractivity contribution in [3.05, 3.63) is 52.6 Å². The van der Waals surface area contributed by atoms with Crippen molar-refractivity contribution in [3.63, 3.8) is 0 Å². The number of rotatable bonds is 5. The van der Waals surface area contributed by atoms with Gasteiger partial charge in [0.1, 0.15) is 11.8 Å². The minimum atomic E-state index is -1.11. The van der Waals surface area contributed by atoms with Crippen LogP contribution in [0.1, 0.15) is 78.1 Å². The molecule has 1 N–H and O–H groups in total. The average molecular weight is 639 g/mol. The highest BCUT2D eigenvalue weighted by Crippen LogP contribution is 2.39. The van der Waals surface area contributed by atoms with E-state index in [1.165, 1.54) is 11.8 Å². The summed E-state index contributed by atoms with van der Waals surface area (Å²) in [6.07, 6.45) is 7.37. The molecule has 3 aromatic rings. The lowest BCUT2D eigenvalue weighted by Gasteiger charge is -2.38. The van der Waals surface area contributed by atoms with Gasteiger partial charge < -0.3 is 24.7 Å². The van der Waals surface area contributed by atoms with E-state index < -0.39 is 5.97 Å². The van der Waals surface area contributed by atoms with Crippen molar-refractivity contribution in [2.45, 2.75) is 64.5 Å². The van der Waals surface area contributed by atoms with Gasteiger partial charge in [-0.3, -0.25) is 14.3 Å². The lowest BCUT2D eigenvalue weighted by Crippen LogP contribution is -2.46. The third-order valence-corrected chi connectivity index (χ3v) is 10.1. The van der Waals surface area contributed by atoms with Gasteiger partial charge >= 0.3 is 5.97 Å². The topological polar surface area (TPSA) is 165 Å². The molecule has 14 heteroatoms. The predicted molar refractivity (Wildman–Crippen MR) is 170 cm³/mol. The number of hydrogen-bond acceptors (Lipinski definition) is 10. The Morgan fingerprint density at radius 2 is 1.74 bits per heavy atom. The number of aromatic carboxylic acids is 1. The highest BCUT2D eigenvalue weighted by atomic mass is 16.4. The van der Waals surface area contributed by atoms with Gasteiger partial charge in [0.25, 0.3) is 0 Å². The molecule has 7 rings (SSSR count). The fourth-order valence-electron chi connectivity index (χ4n) is 7.53. The first-order valence-corrected chi connectivity index (χ1v) is 16.4. The van der Waals surface area contributed by atoms with Gasteiger partial charge in [-0.1, -0.05) is 0 Å². The molecule has 0 aromatic carbocycles. The number of pyridine rings is 1. The van der Waals surface area contributed by atoms with E-state index >= 15 is 0 Å². The summed E-state index contributed by atoms with van der Waals surface area (Å²) in [5, 5.41) is 31.6. The van der Waals surface area contributed by atoms with Crippen molar-refractivity contribution < 1.29 is 19.5 Å². The first-order valence-electron chi connectivity index (χ1n) is 16.4. The number of anilines is 3. The van der Waals surface area contributed by atoms with Crippen LogP contribution in [0.3, 0.4) is 0 Å². The summed E-state index contributed by atoms with van der Waals surface area (Å²) in [6, 6.07) is 7.30. The minimum absolute atomic E-state index is 0.0509. The summed E-state index contributed by atoms with van der Waals surface area (Å²) in [5.41, 5.74) is 4.63.